The second kappa shape index (κ2) is 12.8. The number of amides is 1. The van der Waals surface area contributed by atoms with Crippen LogP contribution >= 0.6 is 7.26 Å². The van der Waals surface area contributed by atoms with Crippen LogP contribution in [-0.2, 0) is 9.53 Å². The lowest BCUT2D eigenvalue weighted by atomic mass is 10.2. The number of hydrogen-bond acceptors (Lipinski definition) is 3. The molecule has 4 rings (SSSR count). The first-order valence-corrected chi connectivity index (χ1v) is 13.3. The molecule has 4 nitrogen and oxygen atoms in total. The number of rotatable bonds is 8. The Bertz CT molecular complexity index is 1200. The predicted octanol–water partition coefficient (Wildman–Crippen LogP) is 1.82. The second-order valence-electron chi connectivity index (χ2n) is 7.81. The average Bonchev–Trinajstić information content (AvgIpc) is 2.93. The highest BCUT2D eigenvalue weighted by Crippen LogP contribution is 2.57. The molecule has 6 heteroatoms. The van der Waals surface area contributed by atoms with Gasteiger partial charge >= 0.3 is 5.97 Å². The summed E-state index contributed by atoms with van der Waals surface area (Å²) in [5, 5.41) is 6.05. The summed E-state index contributed by atoms with van der Waals surface area (Å²) in [5.74, 6) is 0.993. The molecular weight excluding hydrogens is 489 g/mol. The van der Waals surface area contributed by atoms with Crippen molar-refractivity contribution < 1.29 is 26.7 Å². The molecule has 0 aliphatic heterocycles. The Morgan fingerprint density at radius 2 is 1.08 bits per heavy atom. The van der Waals surface area contributed by atoms with Gasteiger partial charge in [0.25, 0.3) is 5.91 Å². The van der Waals surface area contributed by atoms with Gasteiger partial charge in [-0.05, 0) is 55.5 Å². The van der Waals surface area contributed by atoms with Crippen LogP contribution in [-0.4, -0.2) is 18.5 Å². The smallest absolute Gasteiger partial charge is 0.358 e. The third-order valence-corrected chi connectivity index (χ3v) is 9.58. The second-order valence-corrected chi connectivity index (χ2v) is 11.1. The molecule has 0 atom stereocenters. The number of esters is 1. The quantitative estimate of drug-likeness (QED) is 0.221. The predicted molar refractivity (Wildman–Crippen MR) is 144 cm³/mol. The fourth-order valence-electron chi connectivity index (χ4n) is 3.98. The Labute approximate surface area is 218 Å². The number of benzene rings is 4. The topological polar surface area (TPSA) is 55.4 Å². The van der Waals surface area contributed by atoms with E-state index in [1.807, 2.05) is 66.5 Å². The van der Waals surface area contributed by atoms with E-state index in [0.717, 1.165) is 15.9 Å². The summed E-state index contributed by atoms with van der Waals surface area (Å²) in [4.78, 5) is 26.3. The van der Waals surface area contributed by atoms with Crippen molar-refractivity contribution >= 4 is 35.1 Å². The lowest BCUT2D eigenvalue weighted by molar-refractivity contribution is -0.138. The van der Waals surface area contributed by atoms with E-state index in [4.69, 9.17) is 4.74 Å². The van der Waals surface area contributed by atoms with Crippen LogP contribution < -0.4 is 33.6 Å². The normalized spacial score (nSPS) is 11.2. The highest BCUT2D eigenvalue weighted by atomic mass is 35.5. The lowest BCUT2D eigenvalue weighted by Crippen LogP contribution is -3.00. The van der Waals surface area contributed by atoms with Gasteiger partial charge in [0.15, 0.2) is 5.70 Å². The molecule has 0 aliphatic carbocycles. The zero-order chi connectivity index (χ0) is 24.5. The summed E-state index contributed by atoms with van der Waals surface area (Å²) < 4.78 is 5.39. The van der Waals surface area contributed by atoms with Crippen molar-refractivity contribution in [1.29, 1.82) is 0 Å². The Kier molecular flexibility index (Phi) is 9.58. The maximum absolute atomic E-state index is 13.2. The van der Waals surface area contributed by atoms with Crippen molar-refractivity contribution in [2.75, 3.05) is 6.61 Å². The minimum Gasteiger partial charge on any atom is -1.00 e. The monoisotopic (exact) mass is 515 g/mol. The summed E-state index contributed by atoms with van der Waals surface area (Å²) in [6.45, 7) is 1.95. The first-order chi connectivity index (χ1) is 17.1. The van der Waals surface area contributed by atoms with Gasteiger partial charge in [-0.15, -0.1) is 0 Å². The van der Waals surface area contributed by atoms with Crippen molar-refractivity contribution in [3.05, 3.63) is 138 Å². The largest absolute Gasteiger partial charge is 1.00 e. The van der Waals surface area contributed by atoms with Crippen LogP contribution in [0.25, 0.3) is 0 Å². The van der Waals surface area contributed by atoms with E-state index in [1.54, 1.807) is 31.2 Å². The van der Waals surface area contributed by atoms with E-state index >= 15 is 0 Å². The molecule has 0 heterocycles. The highest BCUT2D eigenvalue weighted by Gasteiger charge is 2.45. The highest BCUT2D eigenvalue weighted by molar-refractivity contribution is 7.98. The van der Waals surface area contributed by atoms with E-state index in [9.17, 15) is 9.59 Å². The number of nitrogens with one attached hydrogen (secondary N) is 1. The van der Waals surface area contributed by atoms with Crippen molar-refractivity contribution in [2.45, 2.75) is 6.92 Å². The summed E-state index contributed by atoms with van der Waals surface area (Å²) in [6, 6.07) is 39.2. The molecule has 0 spiro atoms. The van der Waals surface area contributed by atoms with Gasteiger partial charge < -0.3 is 22.5 Å². The Morgan fingerprint density at radius 3 is 1.47 bits per heavy atom. The molecule has 0 aromatic heterocycles. The molecule has 4 aromatic carbocycles. The summed E-state index contributed by atoms with van der Waals surface area (Å²) in [6.07, 6.45) is 0. The first-order valence-electron chi connectivity index (χ1n) is 11.5. The number of hydrogen-bond donors (Lipinski definition) is 1. The van der Waals surface area contributed by atoms with Gasteiger partial charge in [-0.2, -0.15) is 0 Å². The first kappa shape index (κ1) is 26.9. The van der Waals surface area contributed by atoms with Gasteiger partial charge in [-0.1, -0.05) is 72.8 Å². The van der Waals surface area contributed by atoms with Crippen LogP contribution in [0.1, 0.15) is 17.3 Å². The zero-order valence-corrected chi connectivity index (χ0v) is 21.5. The van der Waals surface area contributed by atoms with Crippen LogP contribution in [0.5, 0.6) is 0 Å². The van der Waals surface area contributed by atoms with Gasteiger partial charge in [0.1, 0.15) is 29.0 Å². The third kappa shape index (κ3) is 5.91. The van der Waals surface area contributed by atoms with E-state index < -0.39 is 13.2 Å². The maximum atomic E-state index is 13.2. The van der Waals surface area contributed by atoms with Crippen LogP contribution in [0.4, 0.5) is 0 Å². The third-order valence-electron chi connectivity index (χ3n) is 5.59. The van der Waals surface area contributed by atoms with Gasteiger partial charge in [-0.25, -0.2) is 4.79 Å². The summed E-state index contributed by atoms with van der Waals surface area (Å²) in [5.41, 5.74) is 0.594. The molecule has 36 heavy (non-hydrogen) atoms. The molecule has 0 fully saturated rings. The average molecular weight is 516 g/mol. The molecule has 1 amide bonds. The number of carbonyl (C=O) groups excluding carboxylic acids is 2. The summed E-state index contributed by atoms with van der Waals surface area (Å²) >= 11 is 0. The Balaban J connectivity index is 0.00000361. The molecule has 0 unspecified atom stereocenters. The molecule has 4 aromatic rings. The van der Waals surface area contributed by atoms with Gasteiger partial charge in [0, 0.05) is 5.56 Å². The van der Waals surface area contributed by atoms with Crippen molar-refractivity contribution in [2.24, 2.45) is 0 Å². The van der Waals surface area contributed by atoms with Crippen LogP contribution in [0.3, 0.4) is 0 Å². The van der Waals surface area contributed by atoms with Crippen molar-refractivity contribution in [3.8, 4) is 0 Å². The van der Waals surface area contributed by atoms with E-state index in [2.05, 4.69) is 41.7 Å². The molecule has 0 saturated heterocycles. The minimum atomic E-state index is -2.51. The minimum absolute atomic E-state index is 0. The van der Waals surface area contributed by atoms with E-state index in [1.165, 1.54) is 0 Å². The van der Waals surface area contributed by atoms with Crippen LogP contribution in [0.2, 0.25) is 0 Å². The molecule has 0 aliphatic rings. The van der Waals surface area contributed by atoms with E-state index in [0.29, 0.717) is 5.56 Å². The molecular formula is C30H27ClNO3P. The maximum Gasteiger partial charge on any atom is 0.358 e. The Hall–Kier alpha value is -3.72. The number of ether oxygens (including phenoxy) is 1. The summed E-state index contributed by atoms with van der Waals surface area (Å²) in [7, 11) is -2.51. The van der Waals surface area contributed by atoms with Crippen molar-refractivity contribution in [1.82, 2.24) is 5.32 Å². The molecule has 0 bridgehead atoms. The molecule has 0 saturated carbocycles. The molecule has 182 valence electrons. The van der Waals surface area contributed by atoms with Gasteiger partial charge in [0.05, 0.1) is 6.61 Å². The molecule has 1 N–H and O–H groups in total. The lowest BCUT2D eigenvalue weighted by Gasteiger charge is -2.25. The van der Waals surface area contributed by atoms with Crippen LogP contribution in [0.15, 0.2) is 133 Å². The number of carbonyl (C=O) groups is 2. The van der Waals surface area contributed by atoms with Gasteiger partial charge in [-0.3, -0.25) is 4.79 Å². The molecule has 0 radical (unpaired) electrons. The van der Waals surface area contributed by atoms with Crippen LogP contribution in [0, 0.1) is 0 Å². The van der Waals surface area contributed by atoms with Crippen molar-refractivity contribution in [3.63, 3.8) is 0 Å². The Morgan fingerprint density at radius 1 is 0.694 bits per heavy atom. The fraction of sp³-hybridized carbons (Fsp3) is 0.0667. The zero-order valence-electron chi connectivity index (χ0n) is 19.9. The standard InChI is InChI=1S/C30H26NO3P.ClH/c1-2-34-30(33)28(31-29(32)24-15-7-3-8-16-24)23-35(25-17-9-4-10-18-25,26-19-11-5-12-20-26)27-21-13-6-14-22-27;/h3-23H,2H2,1H3;1H/b28-23-;. The number of halogens is 1. The van der Waals surface area contributed by atoms with E-state index in [-0.39, 0.29) is 30.6 Å². The van der Waals surface area contributed by atoms with Gasteiger partial charge in [0.2, 0.25) is 0 Å². The fourth-order valence-corrected chi connectivity index (χ4v) is 7.81. The SMILES string of the molecule is CCOC(=O)/C(=C/[P+](c1ccccc1)(c1ccccc1)c1ccccc1)NC(=O)c1ccccc1.[Cl-].